The smallest absolute Gasteiger partial charge is 0.147 e. The third-order valence-corrected chi connectivity index (χ3v) is 4.39. The molecule has 0 amide bonds. The van der Waals surface area contributed by atoms with Crippen molar-refractivity contribution in [3.05, 3.63) is 28.2 Å². The molecule has 1 atom stereocenters. The molecule has 0 fully saturated rings. The van der Waals surface area contributed by atoms with Crippen LogP contribution in [0.4, 0.5) is 0 Å². The molecule has 0 saturated carbocycles. The highest BCUT2D eigenvalue weighted by molar-refractivity contribution is 9.10. The van der Waals surface area contributed by atoms with Crippen LogP contribution in [-0.4, -0.2) is 27.5 Å². The van der Waals surface area contributed by atoms with Gasteiger partial charge in [0, 0.05) is 22.5 Å². The molecule has 1 aromatic rings. The second kappa shape index (κ2) is 6.54. The van der Waals surface area contributed by atoms with Gasteiger partial charge in [0.1, 0.15) is 15.6 Å². The van der Waals surface area contributed by atoms with Crippen molar-refractivity contribution in [3.8, 4) is 5.75 Å². The Balaban J connectivity index is 2.69. The van der Waals surface area contributed by atoms with Gasteiger partial charge in [-0.2, -0.15) is 0 Å². The van der Waals surface area contributed by atoms with E-state index >= 15 is 0 Å². The van der Waals surface area contributed by atoms with E-state index in [1.165, 1.54) is 6.26 Å². The summed E-state index contributed by atoms with van der Waals surface area (Å²) in [6.07, 6.45) is 2.42. The molecular weight excluding hydrogens is 318 g/mol. The number of nitrogens with two attached hydrogens (primary N) is 1. The summed E-state index contributed by atoms with van der Waals surface area (Å²) >= 11 is 3.44. The van der Waals surface area contributed by atoms with Crippen LogP contribution in [0.3, 0.4) is 0 Å². The quantitative estimate of drug-likeness (QED) is 0.865. The first kappa shape index (κ1) is 15.5. The second-order valence-electron chi connectivity index (χ2n) is 4.27. The molecule has 4 nitrogen and oxygen atoms in total. The zero-order chi connectivity index (χ0) is 13.8. The monoisotopic (exact) mass is 335 g/mol. The summed E-state index contributed by atoms with van der Waals surface area (Å²) < 4.78 is 28.2. The minimum atomic E-state index is -2.92. The molecule has 0 radical (unpaired) electrons. The van der Waals surface area contributed by atoms with Gasteiger partial charge in [0.2, 0.25) is 0 Å². The lowest BCUT2D eigenvalue weighted by Gasteiger charge is -2.14. The molecule has 0 aromatic heterocycles. The van der Waals surface area contributed by atoms with Crippen molar-refractivity contribution < 1.29 is 13.2 Å². The number of ether oxygens (including phenoxy) is 1. The SMILES string of the molecule is COc1ccc(Br)c(C(N)CCCS(C)(=O)=O)c1. The van der Waals surface area contributed by atoms with Crippen molar-refractivity contribution in [1.29, 1.82) is 0 Å². The second-order valence-corrected chi connectivity index (χ2v) is 7.38. The van der Waals surface area contributed by atoms with Gasteiger partial charge >= 0.3 is 0 Å². The van der Waals surface area contributed by atoms with Crippen LogP contribution in [0.25, 0.3) is 0 Å². The van der Waals surface area contributed by atoms with E-state index in [2.05, 4.69) is 15.9 Å². The number of hydrogen-bond donors (Lipinski definition) is 1. The molecule has 2 N–H and O–H groups in total. The number of rotatable bonds is 6. The number of hydrogen-bond acceptors (Lipinski definition) is 4. The van der Waals surface area contributed by atoms with Crippen molar-refractivity contribution in [2.75, 3.05) is 19.1 Å². The fourth-order valence-electron chi connectivity index (χ4n) is 1.65. The molecular formula is C12H18BrNO3S. The Kier molecular flexibility index (Phi) is 5.62. The first-order valence-electron chi connectivity index (χ1n) is 5.60. The maximum absolute atomic E-state index is 11.0. The summed E-state index contributed by atoms with van der Waals surface area (Å²) in [5.41, 5.74) is 7.00. The van der Waals surface area contributed by atoms with Gasteiger partial charge in [-0.25, -0.2) is 8.42 Å². The zero-order valence-electron chi connectivity index (χ0n) is 10.5. The molecule has 102 valence electrons. The normalized spacial score (nSPS) is 13.3. The standard InChI is InChI=1S/C12H18BrNO3S/c1-17-9-5-6-11(13)10(8-9)12(14)4-3-7-18(2,15)16/h5-6,8,12H,3-4,7,14H2,1-2H3. The highest BCUT2D eigenvalue weighted by Crippen LogP contribution is 2.28. The molecule has 0 aliphatic heterocycles. The van der Waals surface area contributed by atoms with E-state index < -0.39 is 9.84 Å². The van der Waals surface area contributed by atoms with Gasteiger partial charge in [-0.05, 0) is 36.6 Å². The maximum atomic E-state index is 11.0. The molecule has 1 unspecified atom stereocenters. The van der Waals surface area contributed by atoms with Gasteiger partial charge < -0.3 is 10.5 Å². The van der Waals surface area contributed by atoms with Crippen LogP contribution in [0, 0.1) is 0 Å². The Hall–Kier alpha value is -0.590. The molecule has 18 heavy (non-hydrogen) atoms. The van der Waals surface area contributed by atoms with Crippen LogP contribution >= 0.6 is 15.9 Å². The Morgan fingerprint density at radius 1 is 1.44 bits per heavy atom. The van der Waals surface area contributed by atoms with E-state index in [9.17, 15) is 8.42 Å². The third kappa shape index (κ3) is 4.96. The summed E-state index contributed by atoms with van der Waals surface area (Å²) in [6.45, 7) is 0. The predicted molar refractivity (Wildman–Crippen MR) is 76.6 cm³/mol. The minimum absolute atomic E-state index is 0.169. The molecule has 6 heteroatoms. The van der Waals surface area contributed by atoms with Crippen molar-refractivity contribution in [2.24, 2.45) is 5.73 Å². The average molecular weight is 336 g/mol. The predicted octanol–water partition coefficient (Wildman–Crippen LogP) is 2.28. The van der Waals surface area contributed by atoms with Gasteiger partial charge in [-0.1, -0.05) is 15.9 Å². The number of methoxy groups -OCH3 is 1. The average Bonchev–Trinajstić information content (AvgIpc) is 2.27. The first-order chi connectivity index (χ1) is 8.33. The Labute approximate surface area is 117 Å². The summed E-state index contributed by atoms with van der Waals surface area (Å²) in [5.74, 6) is 0.911. The lowest BCUT2D eigenvalue weighted by molar-refractivity contribution is 0.413. The van der Waals surface area contributed by atoms with Crippen molar-refractivity contribution >= 4 is 25.8 Å². The first-order valence-corrected chi connectivity index (χ1v) is 8.45. The number of benzene rings is 1. The van der Waals surface area contributed by atoms with Crippen molar-refractivity contribution in [2.45, 2.75) is 18.9 Å². The fraction of sp³-hybridized carbons (Fsp3) is 0.500. The van der Waals surface area contributed by atoms with Crippen molar-refractivity contribution in [3.63, 3.8) is 0 Å². The van der Waals surface area contributed by atoms with E-state index in [1.54, 1.807) is 7.11 Å². The zero-order valence-corrected chi connectivity index (χ0v) is 12.9. The largest absolute Gasteiger partial charge is 0.497 e. The Bertz CT molecular complexity index is 502. The molecule has 0 saturated heterocycles. The van der Waals surface area contributed by atoms with E-state index in [1.807, 2.05) is 18.2 Å². The Morgan fingerprint density at radius 2 is 2.11 bits per heavy atom. The van der Waals surface area contributed by atoms with Gasteiger partial charge in [-0.3, -0.25) is 0 Å². The highest BCUT2D eigenvalue weighted by atomic mass is 79.9. The molecule has 1 rings (SSSR count). The summed E-state index contributed by atoms with van der Waals surface area (Å²) in [5, 5.41) is 0. The topological polar surface area (TPSA) is 69.4 Å². The van der Waals surface area contributed by atoms with E-state index in [-0.39, 0.29) is 11.8 Å². The van der Waals surface area contributed by atoms with Crippen molar-refractivity contribution in [1.82, 2.24) is 0 Å². The fourth-order valence-corrected chi connectivity index (χ4v) is 2.89. The lowest BCUT2D eigenvalue weighted by Crippen LogP contribution is -2.13. The van der Waals surface area contributed by atoms with Gasteiger partial charge in [0.25, 0.3) is 0 Å². The molecule has 0 aliphatic carbocycles. The molecule has 0 heterocycles. The van der Waals surface area contributed by atoms with E-state index in [4.69, 9.17) is 10.5 Å². The van der Waals surface area contributed by atoms with Gasteiger partial charge in [-0.15, -0.1) is 0 Å². The molecule has 0 bridgehead atoms. The maximum Gasteiger partial charge on any atom is 0.147 e. The van der Waals surface area contributed by atoms with Crippen LogP contribution < -0.4 is 10.5 Å². The Morgan fingerprint density at radius 3 is 2.67 bits per heavy atom. The van der Waals surface area contributed by atoms with Crippen LogP contribution in [0.5, 0.6) is 5.75 Å². The van der Waals surface area contributed by atoms with Crippen LogP contribution in [0.15, 0.2) is 22.7 Å². The molecule has 1 aromatic carbocycles. The van der Waals surface area contributed by atoms with E-state index in [0.29, 0.717) is 12.8 Å². The van der Waals surface area contributed by atoms with Crippen LogP contribution in [-0.2, 0) is 9.84 Å². The minimum Gasteiger partial charge on any atom is -0.497 e. The lowest BCUT2D eigenvalue weighted by atomic mass is 10.0. The summed E-state index contributed by atoms with van der Waals surface area (Å²) in [6, 6.07) is 5.40. The highest BCUT2D eigenvalue weighted by Gasteiger charge is 2.12. The van der Waals surface area contributed by atoms with Gasteiger partial charge in [0.15, 0.2) is 0 Å². The van der Waals surface area contributed by atoms with Crippen LogP contribution in [0.2, 0.25) is 0 Å². The summed E-state index contributed by atoms with van der Waals surface area (Å²) in [4.78, 5) is 0. The number of sulfone groups is 1. The molecule has 0 aliphatic rings. The van der Waals surface area contributed by atoms with Crippen LogP contribution in [0.1, 0.15) is 24.4 Å². The van der Waals surface area contributed by atoms with E-state index in [0.717, 1.165) is 15.8 Å². The number of halogens is 1. The summed E-state index contributed by atoms with van der Waals surface area (Å²) in [7, 11) is -1.32. The molecule has 0 spiro atoms. The third-order valence-electron chi connectivity index (χ3n) is 2.63. The van der Waals surface area contributed by atoms with Gasteiger partial charge in [0.05, 0.1) is 7.11 Å².